The van der Waals surface area contributed by atoms with E-state index < -0.39 is 118 Å². The lowest BCUT2D eigenvalue weighted by Gasteiger charge is -2.43. The maximum Gasteiger partial charge on any atom is 0.312 e. The number of fused-ring (bicyclic) bond motifs is 2. The molecule has 0 unspecified atom stereocenters. The molecule has 10 N–H and O–H groups in total. The number of carbonyl (C=O) groups is 8. The molecule has 1 aromatic heterocycles. The van der Waals surface area contributed by atoms with E-state index in [4.69, 9.17) is 34.1 Å². The third kappa shape index (κ3) is 18.3. The van der Waals surface area contributed by atoms with E-state index in [0.717, 1.165) is 10.5 Å². The van der Waals surface area contributed by atoms with Gasteiger partial charge in [-0.1, -0.05) is 78.3 Å². The number of phenolic OH excluding ortho intramolecular Hbond substituents is 1. The SMILES string of the molecule is CO[C@H]1/C=C/O[C@@]2(C)Oc3c(C)c(O)c4c(=O)c(c5oc6cc(N7CCC([N+](C)(C)Cc8ccc(NC(=O)[C@H](CCCNC(N)=O)CC(=O)[C@@H](NC(=O)CCCCCN9C(=O)C=CC9=O)C(C)C)cc8)CC7)cc(=O)c6nc5c4c3=C2O)NC(=O)/C(C)=C\C=C\[C@H](C)[C@H](O)[C@@H](C)[C@@H](O)[C@@H](C)[C@H](OC(C)=O)[C@@H]1C. The molecule has 107 heavy (non-hydrogen) atoms. The second-order valence-corrected chi connectivity index (χ2v) is 29.9. The number of amides is 7. The number of aromatic hydroxyl groups is 1. The molecule has 1 saturated heterocycles. The van der Waals surface area contributed by atoms with E-state index in [-0.39, 0.29) is 123 Å². The Balaban J connectivity index is 0.942. The molecular weight excluding hydrogens is 1380 g/mol. The highest BCUT2D eigenvalue weighted by atomic mass is 16.7. The van der Waals surface area contributed by atoms with E-state index >= 15 is 4.79 Å². The van der Waals surface area contributed by atoms with E-state index in [1.54, 1.807) is 71.9 Å². The number of methoxy groups -OCH3 is 1. The van der Waals surface area contributed by atoms with E-state index in [0.29, 0.717) is 74.0 Å². The summed E-state index contributed by atoms with van der Waals surface area (Å²) >= 11 is 0. The van der Waals surface area contributed by atoms with Crippen LogP contribution in [0.25, 0.3) is 38.7 Å². The summed E-state index contributed by atoms with van der Waals surface area (Å²) in [7, 11) is 5.70. The Labute approximate surface area is 620 Å². The molecule has 4 aliphatic heterocycles. The van der Waals surface area contributed by atoms with Crippen molar-refractivity contribution in [2.75, 3.05) is 62.9 Å². The number of nitrogens with two attached hydrogens (primary N) is 1. The normalized spacial score (nSPS) is 24.2. The first-order chi connectivity index (χ1) is 50.5. The van der Waals surface area contributed by atoms with Crippen LogP contribution in [-0.2, 0) is 54.3 Å². The number of Topliss-reactive ketones (excluding diaryl/α,β-unsaturated/α-hetero) is 1. The van der Waals surface area contributed by atoms with Crippen LogP contribution in [0.5, 0.6) is 11.5 Å². The number of anilines is 3. The molecule has 0 spiro atoms. The third-order valence-electron chi connectivity index (χ3n) is 21.4. The van der Waals surface area contributed by atoms with E-state index in [2.05, 4.69) is 40.3 Å². The molecule has 1 fully saturated rings. The maximum atomic E-state index is 15.2. The number of allylic oxidation sites excluding steroid dienone is 2. The van der Waals surface area contributed by atoms with E-state index in [1.807, 2.05) is 12.1 Å². The molecular formula is C79H102N9O19+. The molecule has 5 aromatic rings. The van der Waals surface area contributed by atoms with Crippen molar-refractivity contribution in [2.45, 2.75) is 176 Å². The van der Waals surface area contributed by atoms with Gasteiger partial charge in [-0.3, -0.25) is 48.1 Å². The molecule has 11 atom stereocenters. The van der Waals surface area contributed by atoms with Gasteiger partial charge < -0.3 is 80.2 Å². The summed E-state index contributed by atoms with van der Waals surface area (Å²) in [5.74, 6) is -10.3. The van der Waals surface area contributed by atoms with Crippen molar-refractivity contribution in [3.05, 3.63) is 121 Å². The van der Waals surface area contributed by atoms with Gasteiger partial charge in [-0.05, 0) is 63.7 Å². The molecule has 0 aliphatic carbocycles. The molecule has 0 radical (unpaired) electrons. The number of ketones is 1. The van der Waals surface area contributed by atoms with Crippen molar-refractivity contribution in [3.8, 4) is 11.5 Å². The molecule has 4 bridgehead atoms. The highest BCUT2D eigenvalue weighted by Gasteiger charge is 2.45. The zero-order valence-corrected chi connectivity index (χ0v) is 63.1. The van der Waals surface area contributed by atoms with Gasteiger partial charge in [0, 0.05) is 160 Å². The summed E-state index contributed by atoms with van der Waals surface area (Å²) in [6.07, 6.45) is 9.21. The second kappa shape index (κ2) is 34.3. The first-order valence-electron chi connectivity index (χ1n) is 36.6. The first kappa shape index (κ1) is 81.1. The Kier molecular flexibility index (Phi) is 25.9. The Morgan fingerprint density at radius 3 is 2.20 bits per heavy atom. The van der Waals surface area contributed by atoms with Gasteiger partial charge in [-0.2, -0.15) is 0 Å². The third-order valence-corrected chi connectivity index (χ3v) is 21.4. The Bertz CT molecular complexity index is 4540. The number of benzene rings is 4. The molecule has 4 aromatic carbocycles. The number of aliphatic hydroxyl groups is 3. The molecule has 28 heteroatoms. The van der Waals surface area contributed by atoms with Crippen molar-refractivity contribution in [1.29, 1.82) is 0 Å². The summed E-state index contributed by atoms with van der Waals surface area (Å²) < 4.78 is 31.5. The largest absolute Gasteiger partial charge is 0.507 e. The summed E-state index contributed by atoms with van der Waals surface area (Å²) in [6, 6.07) is 9.09. The van der Waals surface area contributed by atoms with Gasteiger partial charge in [0.2, 0.25) is 22.7 Å². The molecule has 9 rings (SSSR count). The molecule has 5 heterocycles. The minimum absolute atomic E-state index is 0.0119. The highest BCUT2D eigenvalue weighted by molar-refractivity contribution is 6.17. The van der Waals surface area contributed by atoms with Crippen LogP contribution < -0.4 is 52.7 Å². The molecule has 4 aliphatic rings. The van der Waals surface area contributed by atoms with Crippen LogP contribution >= 0.6 is 0 Å². The number of primary amides is 1. The summed E-state index contributed by atoms with van der Waals surface area (Å²) in [5.41, 5.74) is 4.77. The van der Waals surface area contributed by atoms with E-state index in [1.165, 1.54) is 71.4 Å². The zero-order chi connectivity index (χ0) is 78.3. The number of imide groups is 1. The molecule has 28 nitrogen and oxygen atoms in total. The molecule has 0 saturated carbocycles. The topological polar surface area (TPSA) is 395 Å². The standard InChI is InChI=1S/C79H101N9O19/c1-41(2)64(83-58(92)22-15-14-16-33-87-59(93)27-28-60(87)94)54(90)37-50(21-18-32-81-78(80)102)77(101)82-51-25-23-49(24-26-51)40-88(11,12)53-29-34-86(35-30-53)52-38-55(91)65-57(39-52)106-74-66(84-65)61-62-70(97)47(8)73-63(61)75(99)79(10,107-73)104-36-31-56(103-13)44(5)72(105-48(9)89)46(7)69(96)45(6)68(95)42(3)19-17-20-43(4)76(100)85-67(74)71(62)98/h17,19-20,23-28,31,36,38-39,41-42,44-46,50,53,56,64,68-69,72,95-96H,14-16,18,21-22,29-30,32-35,37,40H2,1-13H3,(H7-,80,81,82,83,84,85,91,92,93,94,97,98,99,100,101,102)/p+1/b19-17+,36-31+,43-20-/t42-,44+,45+,46+,50+,56-,64-,68-,69+,72+,79-/m0/s1. The smallest absolute Gasteiger partial charge is 0.312 e. The first-order valence-corrected chi connectivity index (χ1v) is 36.6. The van der Waals surface area contributed by atoms with Crippen LogP contribution in [0.1, 0.15) is 131 Å². The average molecular weight is 1480 g/mol. The van der Waals surface area contributed by atoms with Gasteiger partial charge in [0.15, 0.2) is 28.2 Å². The summed E-state index contributed by atoms with van der Waals surface area (Å²) in [4.78, 5) is 141. The lowest BCUT2D eigenvalue weighted by Crippen LogP contribution is -2.53. The van der Waals surface area contributed by atoms with Gasteiger partial charge in [-0.25, -0.2) is 9.78 Å². The number of unbranched alkanes of at least 4 members (excludes halogenated alkanes) is 2. The van der Waals surface area contributed by atoms with Crippen LogP contribution in [0.15, 0.2) is 98.7 Å². The summed E-state index contributed by atoms with van der Waals surface area (Å²) in [5, 5.41) is 58.2. The number of aliphatic hydroxyl groups excluding tert-OH is 3. The lowest BCUT2D eigenvalue weighted by atomic mass is 9.78. The van der Waals surface area contributed by atoms with Gasteiger partial charge in [0.1, 0.15) is 35.4 Å². The van der Waals surface area contributed by atoms with Crippen LogP contribution in [-0.4, -0.2) is 172 Å². The number of esters is 1. The van der Waals surface area contributed by atoms with Gasteiger partial charge in [-0.15, -0.1) is 0 Å². The van der Waals surface area contributed by atoms with Crippen molar-refractivity contribution in [2.24, 2.45) is 41.2 Å². The van der Waals surface area contributed by atoms with Crippen molar-refractivity contribution >= 4 is 103 Å². The fourth-order valence-electron chi connectivity index (χ4n) is 14.9. The second-order valence-electron chi connectivity index (χ2n) is 29.9. The minimum Gasteiger partial charge on any atom is -0.507 e. The predicted molar refractivity (Wildman–Crippen MR) is 402 cm³/mol. The number of nitrogens with zero attached hydrogens (tertiary/aromatic N) is 4. The fourth-order valence-corrected chi connectivity index (χ4v) is 14.9. The number of ether oxygens (including phenoxy) is 4. The number of aromatic nitrogens is 1. The van der Waals surface area contributed by atoms with Crippen molar-refractivity contribution in [3.63, 3.8) is 0 Å². The average Bonchev–Trinajstić information content (AvgIpc) is 1.54. The van der Waals surface area contributed by atoms with Crippen LogP contribution in [0.2, 0.25) is 0 Å². The fraction of sp³-hybridized carbons (Fsp3) is 0.506. The number of rotatable bonds is 23. The number of hydrogen-bond acceptors (Lipinski definition) is 21. The monoisotopic (exact) mass is 1480 g/mol. The number of piperidine rings is 1. The lowest BCUT2D eigenvalue weighted by molar-refractivity contribution is -0.928. The van der Waals surface area contributed by atoms with Crippen LogP contribution in [0.4, 0.5) is 21.9 Å². The number of nitrogens with one attached hydrogen (secondary N) is 4. The van der Waals surface area contributed by atoms with Gasteiger partial charge in [0.05, 0.1) is 61.4 Å². The predicted octanol–water partition coefficient (Wildman–Crippen LogP) is 7.39. The number of urea groups is 1. The number of hydrogen-bond donors (Lipinski definition) is 9. The van der Waals surface area contributed by atoms with Gasteiger partial charge in [0.25, 0.3) is 17.7 Å². The van der Waals surface area contributed by atoms with Crippen molar-refractivity contribution in [1.82, 2.24) is 20.5 Å². The quantitative estimate of drug-likeness (QED) is 0.00768. The van der Waals surface area contributed by atoms with Gasteiger partial charge >= 0.3 is 17.8 Å². The van der Waals surface area contributed by atoms with Crippen LogP contribution in [0, 0.1) is 42.4 Å². The number of carbonyl (C=O) groups excluding carboxylic acids is 8. The van der Waals surface area contributed by atoms with E-state index in [9.17, 15) is 63.6 Å². The highest BCUT2D eigenvalue weighted by Crippen LogP contribution is 2.43. The zero-order valence-electron chi connectivity index (χ0n) is 63.1. The minimum atomic E-state index is -2.05. The summed E-state index contributed by atoms with van der Waals surface area (Å²) in [6.45, 7) is 18.2. The Morgan fingerprint density at radius 2 is 1.55 bits per heavy atom. The van der Waals surface area contributed by atoms with Crippen molar-refractivity contribution < 1.29 is 86.6 Å². The molecule has 7 amide bonds. The number of quaternary nitrogens is 1. The Morgan fingerprint density at radius 1 is 0.869 bits per heavy atom. The molecule has 576 valence electrons. The maximum absolute atomic E-state index is 15.2. The van der Waals surface area contributed by atoms with Crippen LogP contribution in [0.3, 0.4) is 0 Å². The number of phenols is 1. The Hall–Kier alpha value is -10.0.